The van der Waals surface area contributed by atoms with Gasteiger partial charge in [-0.1, -0.05) is 64.0 Å². The van der Waals surface area contributed by atoms with Crippen LogP contribution in [0.5, 0.6) is 0 Å². The van der Waals surface area contributed by atoms with Gasteiger partial charge in [0.2, 0.25) is 0 Å². The van der Waals surface area contributed by atoms with Crippen molar-refractivity contribution < 1.29 is 31.5 Å². The van der Waals surface area contributed by atoms with Crippen molar-refractivity contribution >= 4 is 5.97 Å². The predicted octanol–water partition coefficient (Wildman–Crippen LogP) is 5.08. The van der Waals surface area contributed by atoms with Crippen molar-refractivity contribution in [1.29, 1.82) is 0 Å². The van der Waals surface area contributed by atoms with Gasteiger partial charge in [0, 0.05) is 22.9 Å². The van der Waals surface area contributed by atoms with Gasteiger partial charge in [-0.2, -0.15) is 0 Å². The van der Waals surface area contributed by atoms with E-state index in [1.54, 1.807) is 0 Å². The van der Waals surface area contributed by atoms with Crippen LogP contribution in [0.15, 0.2) is 12.2 Å². The Kier molecular flexibility index (Phi) is 20.3. The van der Waals surface area contributed by atoms with Gasteiger partial charge < -0.3 is 10.2 Å². The SMILES string of the molecule is CCCCCC[C@@H](O)C/C=C\CCCCCCCC(=O)O.[Ni]. The van der Waals surface area contributed by atoms with Crippen LogP contribution in [0.1, 0.15) is 90.4 Å². The predicted molar refractivity (Wildman–Crippen MR) is 88.5 cm³/mol. The minimum Gasteiger partial charge on any atom is -0.481 e. The van der Waals surface area contributed by atoms with Crippen LogP contribution in [-0.2, 0) is 21.3 Å². The molecule has 0 aliphatic heterocycles. The zero-order chi connectivity index (χ0) is 15.8. The van der Waals surface area contributed by atoms with Crippen LogP contribution in [0.3, 0.4) is 0 Å². The maximum Gasteiger partial charge on any atom is 0.303 e. The molecule has 0 saturated carbocycles. The van der Waals surface area contributed by atoms with E-state index in [9.17, 15) is 9.90 Å². The van der Waals surface area contributed by atoms with Crippen LogP contribution >= 0.6 is 0 Å². The Hall–Kier alpha value is -0.336. The molecule has 22 heavy (non-hydrogen) atoms. The molecule has 3 nitrogen and oxygen atoms in total. The molecule has 0 radical (unpaired) electrons. The van der Waals surface area contributed by atoms with Crippen LogP contribution < -0.4 is 0 Å². The van der Waals surface area contributed by atoms with E-state index in [1.165, 1.54) is 25.7 Å². The van der Waals surface area contributed by atoms with Crippen molar-refractivity contribution in [1.82, 2.24) is 0 Å². The molecule has 0 aromatic rings. The van der Waals surface area contributed by atoms with Crippen molar-refractivity contribution in [3.05, 3.63) is 12.2 Å². The minimum absolute atomic E-state index is 0. The first-order chi connectivity index (χ1) is 10.2. The molecule has 0 unspecified atom stereocenters. The summed E-state index contributed by atoms with van der Waals surface area (Å²) in [5, 5.41) is 18.3. The van der Waals surface area contributed by atoms with E-state index >= 15 is 0 Å². The Morgan fingerprint density at radius 2 is 1.59 bits per heavy atom. The molecular formula is C18H34NiO3. The number of hydrogen-bond acceptors (Lipinski definition) is 2. The van der Waals surface area contributed by atoms with E-state index < -0.39 is 5.97 Å². The zero-order valence-electron chi connectivity index (χ0n) is 14.0. The van der Waals surface area contributed by atoms with Crippen molar-refractivity contribution in [2.45, 2.75) is 96.5 Å². The number of aliphatic hydroxyl groups is 1. The minimum atomic E-state index is -0.689. The summed E-state index contributed by atoms with van der Waals surface area (Å²) < 4.78 is 0. The number of hydrogen-bond donors (Lipinski definition) is 2. The molecular weight excluding hydrogens is 323 g/mol. The molecule has 0 rings (SSSR count). The van der Waals surface area contributed by atoms with Crippen molar-refractivity contribution in [2.24, 2.45) is 0 Å². The zero-order valence-corrected chi connectivity index (χ0v) is 15.0. The molecule has 0 spiro atoms. The van der Waals surface area contributed by atoms with E-state index in [-0.39, 0.29) is 22.6 Å². The van der Waals surface area contributed by atoms with Crippen molar-refractivity contribution in [3.8, 4) is 0 Å². The van der Waals surface area contributed by atoms with Gasteiger partial charge in [-0.3, -0.25) is 4.79 Å². The van der Waals surface area contributed by atoms with E-state index in [4.69, 9.17) is 5.11 Å². The van der Waals surface area contributed by atoms with Gasteiger partial charge in [0.15, 0.2) is 0 Å². The average molecular weight is 357 g/mol. The van der Waals surface area contributed by atoms with Crippen molar-refractivity contribution in [3.63, 3.8) is 0 Å². The molecule has 0 aromatic carbocycles. The molecule has 0 saturated heterocycles. The Labute approximate surface area is 146 Å². The summed E-state index contributed by atoms with van der Waals surface area (Å²) in [6, 6.07) is 0. The molecule has 4 heteroatoms. The molecule has 2 N–H and O–H groups in total. The monoisotopic (exact) mass is 356 g/mol. The molecule has 0 heterocycles. The summed E-state index contributed by atoms with van der Waals surface area (Å²) in [6.07, 6.45) is 17.4. The third-order valence-corrected chi connectivity index (χ3v) is 3.73. The van der Waals surface area contributed by atoms with Crippen LogP contribution in [0, 0.1) is 0 Å². The second-order valence-corrected chi connectivity index (χ2v) is 5.91. The number of aliphatic hydroxyl groups excluding tert-OH is 1. The first kappa shape index (κ1) is 23.9. The second-order valence-electron chi connectivity index (χ2n) is 5.91. The molecule has 0 fully saturated rings. The topological polar surface area (TPSA) is 57.5 Å². The summed E-state index contributed by atoms with van der Waals surface area (Å²) in [7, 11) is 0. The van der Waals surface area contributed by atoms with Crippen LogP contribution in [-0.4, -0.2) is 22.3 Å². The third-order valence-electron chi connectivity index (χ3n) is 3.73. The van der Waals surface area contributed by atoms with Gasteiger partial charge in [-0.05, 0) is 32.1 Å². The van der Waals surface area contributed by atoms with Gasteiger partial charge >= 0.3 is 5.97 Å². The Morgan fingerprint density at radius 3 is 2.27 bits per heavy atom. The summed E-state index contributed by atoms with van der Waals surface area (Å²) in [4.78, 5) is 10.3. The number of carboxylic acids is 1. The van der Waals surface area contributed by atoms with Crippen LogP contribution in [0.25, 0.3) is 0 Å². The Balaban J connectivity index is 0. The quantitative estimate of drug-likeness (QED) is 0.244. The number of carbonyl (C=O) groups is 1. The maximum atomic E-state index is 10.3. The molecule has 0 aliphatic carbocycles. The smallest absolute Gasteiger partial charge is 0.303 e. The summed E-state index contributed by atoms with van der Waals surface area (Å²) >= 11 is 0. The molecule has 0 bridgehead atoms. The Bertz CT molecular complexity index is 267. The molecule has 0 aliphatic rings. The molecule has 0 aromatic heterocycles. The first-order valence-corrected chi connectivity index (χ1v) is 8.71. The fraction of sp³-hybridized carbons (Fsp3) is 0.833. The number of aliphatic carboxylic acids is 1. The van der Waals surface area contributed by atoms with E-state index in [2.05, 4.69) is 19.1 Å². The summed E-state index contributed by atoms with van der Waals surface area (Å²) in [6.45, 7) is 2.20. The third kappa shape index (κ3) is 19.7. The normalized spacial score (nSPS) is 12.3. The number of carboxylic acid groups (broad SMARTS) is 1. The standard InChI is InChI=1S/C18H34O3.Ni/c1-2-3-4-11-14-17(19)15-12-9-7-5-6-8-10-13-16-18(20)21;/h9,12,17,19H,2-8,10-11,13-16H2,1H3,(H,20,21);/b12-9-;/t17-;/m1./s1. The fourth-order valence-corrected chi connectivity index (χ4v) is 2.36. The van der Waals surface area contributed by atoms with Gasteiger partial charge in [0.05, 0.1) is 6.10 Å². The average Bonchev–Trinajstić information content (AvgIpc) is 2.45. The second kappa shape index (κ2) is 18.7. The molecule has 0 amide bonds. The summed E-state index contributed by atoms with van der Waals surface area (Å²) in [5.74, 6) is -0.689. The first-order valence-electron chi connectivity index (χ1n) is 8.71. The number of allylic oxidation sites excluding steroid dienone is 1. The molecule has 134 valence electrons. The van der Waals surface area contributed by atoms with E-state index in [0.29, 0.717) is 6.42 Å². The largest absolute Gasteiger partial charge is 0.481 e. The van der Waals surface area contributed by atoms with E-state index in [1.807, 2.05) is 0 Å². The molecule has 1 atom stereocenters. The van der Waals surface area contributed by atoms with Crippen molar-refractivity contribution in [2.75, 3.05) is 0 Å². The fourth-order valence-electron chi connectivity index (χ4n) is 2.36. The number of unbranched alkanes of at least 4 members (excludes halogenated alkanes) is 8. The van der Waals surface area contributed by atoms with Gasteiger partial charge in [0.1, 0.15) is 0 Å². The van der Waals surface area contributed by atoms with E-state index in [0.717, 1.165) is 51.4 Å². The number of rotatable bonds is 15. The summed E-state index contributed by atoms with van der Waals surface area (Å²) in [5.41, 5.74) is 0. The Morgan fingerprint density at radius 1 is 0.955 bits per heavy atom. The van der Waals surface area contributed by atoms with Gasteiger partial charge in [-0.25, -0.2) is 0 Å². The maximum absolute atomic E-state index is 10.3. The van der Waals surface area contributed by atoms with Gasteiger partial charge in [-0.15, -0.1) is 0 Å². The van der Waals surface area contributed by atoms with Crippen LogP contribution in [0.2, 0.25) is 0 Å². The van der Waals surface area contributed by atoms with Gasteiger partial charge in [0.25, 0.3) is 0 Å². The van der Waals surface area contributed by atoms with Crippen LogP contribution in [0.4, 0.5) is 0 Å².